The maximum atomic E-state index is 12.3. The molecular weight excluding hydrogens is 276 g/mol. The number of methoxy groups -OCH3 is 1. The third-order valence-corrected chi connectivity index (χ3v) is 5.35. The first-order valence-corrected chi connectivity index (χ1v) is 8.20. The third kappa shape index (κ3) is 3.18. The van der Waals surface area contributed by atoms with Crippen LogP contribution in [0.15, 0.2) is 30.3 Å². The van der Waals surface area contributed by atoms with Crippen molar-refractivity contribution in [1.82, 2.24) is 5.32 Å². The lowest BCUT2D eigenvalue weighted by atomic mass is 9.58. The van der Waals surface area contributed by atoms with Gasteiger partial charge < -0.3 is 15.8 Å². The molecule has 1 fully saturated rings. The fraction of sp³-hybridized carbons (Fsp3) is 0.611. The molecule has 1 aromatic rings. The molecule has 1 saturated carbocycles. The van der Waals surface area contributed by atoms with Gasteiger partial charge in [-0.25, -0.2) is 0 Å². The first-order chi connectivity index (χ1) is 10.6. The molecule has 0 aliphatic heterocycles. The van der Waals surface area contributed by atoms with E-state index in [1.54, 1.807) is 7.11 Å². The lowest BCUT2D eigenvalue weighted by Gasteiger charge is -2.55. The molecule has 4 nitrogen and oxygen atoms in total. The second-order valence-corrected chi connectivity index (χ2v) is 6.24. The van der Waals surface area contributed by atoms with Crippen LogP contribution in [0.2, 0.25) is 0 Å². The Hall–Kier alpha value is -1.39. The Morgan fingerprint density at radius 3 is 2.55 bits per heavy atom. The molecule has 1 amide bonds. The van der Waals surface area contributed by atoms with Crippen molar-refractivity contribution in [1.29, 1.82) is 0 Å². The zero-order chi connectivity index (χ0) is 16.2. The van der Waals surface area contributed by atoms with Gasteiger partial charge in [0.2, 0.25) is 5.91 Å². The van der Waals surface area contributed by atoms with E-state index in [1.807, 2.05) is 30.3 Å². The van der Waals surface area contributed by atoms with Crippen molar-refractivity contribution in [3.05, 3.63) is 35.9 Å². The third-order valence-electron chi connectivity index (χ3n) is 5.35. The van der Waals surface area contributed by atoms with Crippen LogP contribution in [0.4, 0.5) is 0 Å². The quantitative estimate of drug-likeness (QED) is 0.814. The Labute approximate surface area is 133 Å². The first-order valence-electron chi connectivity index (χ1n) is 8.20. The van der Waals surface area contributed by atoms with E-state index in [1.165, 1.54) is 0 Å². The number of hydrogen-bond acceptors (Lipinski definition) is 3. The zero-order valence-corrected chi connectivity index (χ0v) is 13.8. The van der Waals surface area contributed by atoms with Crippen LogP contribution < -0.4 is 11.1 Å². The normalized spacial score (nSPS) is 24.4. The topological polar surface area (TPSA) is 64.4 Å². The van der Waals surface area contributed by atoms with Crippen LogP contribution in [0, 0.1) is 5.41 Å². The zero-order valence-electron chi connectivity index (χ0n) is 13.8. The lowest BCUT2D eigenvalue weighted by molar-refractivity contribution is -0.141. The number of carbonyl (C=O) groups excluding carboxylic acids is 1. The number of ether oxygens (including phenoxy) is 1. The maximum absolute atomic E-state index is 12.3. The summed E-state index contributed by atoms with van der Waals surface area (Å²) in [6, 6.07) is 9.71. The Kier molecular flexibility index (Phi) is 5.59. The van der Waals surface area contributed by atoms with Gasteiger partial charge in [-0.15, -0.1) is 0 Å². The summed E-state index contributed by atoms with van der Waals surface area (Å²) in [6.45, 7) is 4.34. The Bertz CT molecular complexity index is 485. The monoisotopic (exact) mass is 304 g/mol. The van der Waals surface area contributed by atoms with Crippen molar-refractivity contribution in [2.75, 3.05) is 7.11 Å². The van der Waals surface area contributed by atoms with Crippen molar-refractivity contribution in [2.24, 2.45) is 11.1 Å². The standard InChI is InChI=1S/C18H28N2O2/c1-4-18(5-2)15(12-16(18)22-3)20-17(21)11-14(19)13-9-7-6-8-10-13/h6-10,14-16H,4-5,11-12,19H2,1-3H3,(H,20,21). The van der Waals surface area contributed by atoms with Crippen LogP contribution in [-0.2, 0) is 9.53 Å². The molecule has 0 heterocycles. The summed E-state index contributed by atoms with van der Waals surface area (Å²) in [4.78, 5) is 12.3. The number of nitrogens with one attached hydrogen (secondary N) is 1. The highest BCUT2D eigenvalue weighted by atomic mass is 16.5. The van der Waals surface area contributed by atoms with E-state index in [2.05, 4.69) is 19.2 Å². The van der Waals surface area contributed by atoms with Gasteiger partial charge in [0, 0.05) is 31.0 Å². The molecule has 0 radical (unpaired) electrons. The van der Waals surface area contributed by atoms with E-state index in [-0.39, 0.29) is 29.5 Å². The molecule has 0 saturated heterocycles. The smallest absolute Gasteiger partial charge is 0.222 e. The van der Waals surface area contributed by atoms with Gasteiger partial charge in [-0.3, -0.25) is 4.79 Å². The molecule has 1 aliphatic carbocycles. The largest absolute Gasteiger partial charge is 0.381 e. The van der Waals surface area contributed by atoms with E-state index in [9.17, 15) is 4.79 Å². The molecule has 1 aromatic carbocycles. The van der Waals surface area contributed by atoms with E-state index in [0.717, 1.165) is 24.8 Å². The number of carbonyl (C=O) groups is 1. The van der Waals surface area contributed by atoms with Crippen LogP contribution in [-0.4, -0.2) is 25.2 Å². The minimum absolute atomic E-state index is 0.0298. The molecule has 0 spiro atoms. The predicted octanol–water partition coefficient (Wildman–Crippen LogP) is 2.79. The number of amides is 1. The molecule has 3 atom stereocenters. The number of nitrogens with two attached hydrogens (primary N) is 1. The number of benzene rings is 1. The van der Waals surface area contributed by atoms with Crippen molar-refractivity contribution in [3.8, 4) is 0 Å². The van der Waals surface area contributed by atoms with E-state index in [0.29, 0.717) is 6.42 Å². The molecule has 2 rings (SSSR count). The van der Waals surface area contributed by atoms with Gasteiger partial charge in [0.15, 0.2) is 0 Å². The Balaban J connectivity index is 1.92. The summed E-state index contributed by atoms with van der Waals surface area (Å²) in [5, 5.41) is 3.18. The second kappa shape index (κ2) is 7.25. The molecule has 1 aliphatic rings. The summed E-state index contributed by atoms with van der Waals surface area (Å²) >= 11 is 0. The van der Waals surface area contributed by atoms with Crippen LogP contribution in [0.5, 0.6) is 0 Å². The first kappa shape index (κ1) is 17.0. The average Bonchev–Trinajstić information content (AvgIpc) is 2.53. The van der Waals surface area contributed by atoms with E-state index >= 15 is 0 Å². The van der Waals surface area contributed by atoms with Gasteiger partial charge in [0.1, 0.15) is 0 Å². The summed E-state index contributed by atoms with van der Waals surface area (Å²) in [6.07, 6.45) is 3.48. The fourth-order valence-electron chi connectivity index (χ4n) is 3.75. The fourth-order valence-corrected chi connectivity index (χ4v) is 3.75. The van der Waals surface area contributed by atoms with Crippen LogP contribution >= 0.6 is 0 Å². The number of rotatable bonds is 7. The molecule has 22 heavy (non-hydrogen) atoms. The molecule has 4 heteroatoms. The second-order valence-electron chi connectivity index (χ2n) is 6.24. The lowest BCUT2D eigenvalue weighted by Crippen LogP contribution is -2.64. The van der Waals surface area contributed by atoms with Crippen LogP contribution in [0.25, 0.3) is 0 Å². The number of hydrogen-bond donors (Lipinski definition) is 2. The van der Waals surface area contributed by atoms with Gasteiger partial charge in [-0.2, -0.15) is 0 Å². The molecule has 3 unspecified atom stereocenters. The average molecular weight is 304 g/mol. The van der Waals surface area contributed by atoms with Crippen molar-refractivity contribution >= 4 is 5.91 Å². The van der Waals surface area contributed by atoms with Crippen LogP contribution in [0.1, 0.15) is 51.1 Å². The van der Waals surface area contributed by atoms with Gasteiger partial charge in [-0.1, -0.05) is 44.2 Å². The van der Waals surface area contributed by atoms with Crippen molar-refractivity contribution in [2.45, 2.75) is 57.7 Å². The highest BCUT2D eigenvalue weighted by Crippen LogP contribution is 2.48. The van der Waals surface area contributed by atoms with Gasteiger partial charge in [0.05, 0.1) is 6.10 Å². The van der Waals surface area contributed by atoms with Gasteiger partial charge >= 0.3 is 0 Å². The summed E-state index contributed by atoms with van der Waals surface area (Å²) in [5.41, 5.74) is 7.20. The van der Waals surface area contributed by atoms with Crippen LogP contribution in [0.3, 0.4) is 0 Å². The maximum Gasteiger partial charge on any atom is 0.222 e. The van der Waals surface area contributed by atoms with E-state index < -0.39 is 0 Å². The molecule has 3 N–H and O–H groups in total. The molecule has 0 aromatic heterocycles. The Morgan fingerprint density at radius 1 is 1.36 bits per heavy atom. The van der Waals surface area contributed by atoms with Gasteiger partial charge in [0.25, 0.3) is 0 Å². The van der Waals surface area contributed by atoms with Gasteiger partial charge in [-0.05, 0) is 24.8 Å². The van der Waals surface area contributed by atoms with Crippen molar-refractivity contribution < 1.29 is 9.53 Å². The summed E-state index contributed by atoms with van der Waals surface area (Å²) in [7, 11) is 1.76. The SMILES string of the molecule is CCC1(CC)C(NC(=O)CC(N)c2ccccc2)CC1OC. The minimum Gasteiger partial charge on any atom is -0.381 e. The van der Waals surface area contributed by atoms with E-state index in [4.69, 9.17) is 10.5 Å². The summed E-state index contributed by atoms with van der Waals surface area (Å²) in [5.74, 6) is 0.0298. The highest BCUT2D eigenvalue weighted by molar-refractivity contribution is 5.77. The minimum atomic E-state index is -0.253. The molecular formula is C18H28N2O2. The Morgan fingerprint density at radius 2 is 2.00 bits per heavy atom. The van der Waals surface area contributed by atoms with Crippen molar-refractivity contribution in [3.63, 3.8) is 0 Å². The molecule has 122 valence electrons. The molecule has 0 bridgehead atoms. The highest BCUT2D eigenvalue weighted by Gasteiger charge is 2.53. The summed E-state index contributed by atoms with van der Waals surface area (Å²) < 4.78 is 5.57. The predicted molar refractivity (Wildman–Crippen MR) is 88.3 cm³/mol.